The van der Waals surface area contributed by atoms with Gasteiger partial charge in [-0.25, -0.2) is 0 Å². The molecule has 0 bridgehead atoms. The van der Waals surface area contributed by atoms with Crippen LogP contribution in [-0.2, 0) is 19.1 Å². The van der Waals surface area contributed by atoms with Crippen molar-refractivity contribution >= 4 is 17.5 Å². The molecule has 5 aliphatic carbocycles. The standard InChI is InChI=1S/C30H42O4/c1-26(2)14-15-30(25(33)34-7)13-8-18-24(19(30)17-26)20(31)16-22-28(18,5)11-9-21-27(3,4)23(32)10-12-29(21,22)6/h10,12,16,18-19,21,24H,8-9,11,13-15,17H2,1-7H3. The molecule has 4 heteroatoms. The molecule has 3 saturated carbocycles. The molecule has 5 aliphatic rings. The highest BCUT2D eigenvalue weighted by Crippen LogP contribution is 2.70. The van der Waals surface area contributed by atoms with Crippen molar-refractivity contribution in [3.05, 3.63) is 23.8 Å². The molecule has 0 aliphatic heterocycles. The Bertz CT molecular complexity index is 1010. The van der Waals surface area contributed by atoms with E-state index in [0.29, 0.717) is 0 Å². The van der Waals surface area contributed by atoms with Gasteiger partial charge in [-0.2, -0.15) is 0 Å². The molecule has 5 rings (SSSR count). The zero-order valence-electron chi connectivity index (χ0n) is 22.1. The molecule has 0 spiro atoms. The minimum absolute atomic E-state index is 0.0371. The number of allylic oxidation sites excluding steroid dienone is 4. The number of ether oxygens (including phenoxy) is 1. The van der Waals surface area contributed by atoms with Crippen LogP contribution in [0.3, 0.4) is 0 Å². The van der Waals surface area contributed by atoms with Gasteiger partial charge >= 0.3 is 5.97 Å². The van der Waals surface area contributed by atoms with Gasteiger partial charge in [0, 0.05) is 16.7 Å². The zero-order valence-corrected chi connectivity index (χ0v) is 22.1. The fourth-order valence-corrected chi connectivity index (χ4v) is 9.54. The second-order valence-corrected chi connectivity index (χ2v) is 14.0. The van der Waals surface area contributed by atoms with Crippen LogP contribution in [0.1, 0.15) is 86.5 Å². The monoisotopic (exact) mass is 466 g/mol. The topological polar surface area (TPSA) is 60.4 Å². The van der Waals surface area contributed by atoms with Crippen LogP contribution in [-0.4, -0.2) is 24.6 Å². The van der Waals surface area contributed by atoms with Crippen molar-refractivity contribution < 1.29 is 19.1 Å². The van der Waals surface area contributed by atoms with E-state index in [0.717, 1.165) is 44.9 Å². The SMILES string of the molecule is COC(=O)C12CCC3C(C(=O)C=C4C5(C)C=CC(=O)C(C)(C)C5CCC43C)C1CC(C)(C)CC2. The highest BCUT2D eigenvalue weighted by Gasteiger charge is 2.66. The van der Waals surface area contributed by atoms with E-state index in [2.05, 4.69) is 47.6 Å². The van der Waals surface area contributed by atoms with Crippen molar-refractivity contribution in [2.24, 2.45) is 50.7 Å². The number of hydrogen-bond donors (Lipinski definition) is 0. The van der Waals surface area contributed by atoms with Crippen LogP contribution in [0.5, 0.6) is 0 Å². The summed E-state index contributed by atoms with van der Waals surface area (Å²) in [5.41, 5.74) is 0.0340. The Balaban J connectivity index is 1.63. The number of ketones is 2. The van der Waals surface area contributed by atoms with Crippen molar-refractivity contribution in [3.63, 3.8) is 0 Å². The van der Waals surface area contributed by atoms with Gasteiger partial charge in [0.25, 0.3) is 0 Å². The van der Waals surface area contributed by atoms with Gasteiger partial charge in [0.2, 0.25) is 0 Å². The number of hydrogen-bond acceptors (Lipinski definition) is 4. The molecular weight excluding hydrogens is 424 g/mol. The third-order valence-electron chi connectivity index (χ3n) is 11.5. The largest absolute Gasteiger partial charge is 0.469 e. The number of carbonyl (C=O) groups is 3. The predicted octanol–water partition coefficient (Wildman–Crippen LogP) is 6.10. The third-order valence-corrected chi connectivity index (χ3v) is 11.5. The molecule has 0 heterocycles. The van der Waals surface area contributed by atoms with E-state index in [1.54, 1.807) is 6.08 Å². The van der Waals surface area contributed by atoms with E-state index in [-0.39, 0.29) is 57.5 Å². The summed E-state index contributed by atoms with van der Waals surface area (Å²) in [5, 5.41) is 0. The lowest BCUT2D eigenvalue weighted by Gasteiger charge is -2.64. The first-order chi connectivity index (χ1) is 15.7. The molecule has 0 amide bonds. The molecule has 186 valence electrons. The number of fused-ring (bicyclic) bond motifs is 7. The van der Waals surface area contributed by atoms with E-state index in [9.17, 15) is 14.4 Å². The maximum atomic E-state index is 14.1. The fraction of sp³-hybridized carbons (Fsp3) is 0.767. The maximum absolute atomic E-state index is 14.1. The van der Waals surface area contributed by atoms with E-state index in [1.165, 1.54) is 12.7 Å². The van der Waals surface area contributed by atoms with Gasteiger partial charge in [-0.05, 0) is 85.7 Å². The molecule has 7 atom stereocenters. The zero-order chi connectivity index (χ0) is 24.9. The molecule has 3 fully saturated rings. The minimum atomic E-state index is -0.525. The molecule has 0 radical (unpaired) electrons. The Labute approximate surface area is 205 Å². The summed E-state index contributed by atoms with van der Waals surface area (Å²) in [7, 11) is 1.50. The molecule has 0 saturated heterocycles. The summed E-state index contributed by atoms with van der Waals surface area (Å²) in [6.45, 7) is 13.4. The Morgan fingerprint density at radius 2 is 1.65 bits per heavy atom. The number of esters is 1. The van der Waals surface area contributed by atoms with Crippen LogP contribution in [0.2, 0.25) is 0 Å². The minimum Gasteiger partial charge on any atom is -0.469 e. The molecule has 0 aromatic rings. The second-order valence-electron chi connectivity index (χ2n) is 14.0. The molecule has 34 heavy (non-hydrogen) atoms. The second kappa shape index (κ2) is 7.17. The van der Waals surface area contributed by atoms with Gasteiger partial charge in [-0.15, -0.1) is 0 Å². The lowest BCUT2D eigenvalue weighted by Crippen LogP contribution is -2.61. The number of carbonyl (C=O) groups excluding carboxylic acids is 3. The Morgan fingerprint density at radius 3 is 2.32 bits per heavy atom. The van der Waals surface area contributed by atoms with Crippen LogP contribution in [0, 0.1) is 50.7 Å². The van der Waals surface area contributed by atoms with Gasteiger partial charge < -0.3 is 4.74 Å². The summed E-state index contributed by atoms with van der Waals surface area (Å²) < 4.78 is 5.38. The highest BCUT2D eigenvalue weighted by atomic mass is 16.5. The Morgan fingerprint density at radius 1 is 0.941 bits per heavy atom. The van der Waals surface area contributed by atoms with Crippen molar-refractivity contribution in [1.29, 1.82) is 0 Å². The van der Waals surface area contributed by atoms with Crippen LogP contribution in [0.4, 0.5) is 0 Å². The van der Waals surface area contributed by atoms with E-state index >= 15 is 0 Å². The van der Waals surface area contributed by atoms with Crippen molar-refractivity contribution in [2.75, 3.05) is 7.11 Å². The van der Waals surface area contributed by atoms with Crippen LogP contribution < -0.4 is 0 Å². The van der Waals surface area contributed by atoms with E-state index in [4.69, 9.17) is 4.74 Å². The van der Waals surface area contributed by atoms with E-state index in [1.807, 2.05) is 6.08 Å². The normalized spacial score (nSPS) is 46.4. The van der Waals surface area contributed by atoms with Gasteiger partial charge in [-0.1, -0.05) is 53.2 Å². The summed E-state index contributed by atoms with van der Waals surface area (Å²) in [4.78, 5) is 40.1. The molecule has 4 nitrogen and oxygen atoms in total. The van der Waals surface area contributed by atoms with Crippen molar-refractivity contribution in [2.45, 2.75) is 86.5 Å². The van der Waals surface area contributed by atoms with Crippen LogP contribution >= 0.6 is 0 Å². The van der Waals surface area contributed by atoms with Gasteiger partial charge in [0.15, 0.2) is 11.6 Å². The van der Waals surface area contributed by atoms with Gasteiger partial charge in [-0.3, -0.25) is 14.4 Å². The van der Waals surface area contributed by atoms with Crippen molar-refractivity contribution in [1.82, 2.24) is 0 Å². The lowest BCUT2D eigenvalue weighted by atomic mass is 9.38. The average Bonchev–Trinajstić information content (AvgIpc) is 2.76. The number of methoxy groups -OCH3 is 1. The predicted molar refractivity (Wildman–Crippen MR) is 132 cm³/mol. The first-order valence-electron chi connectivity index (χ1n) is 13.3. The first-order valence-corrected chi connectivity index (χ1v) is 13.3. The van der Waals surface area contributed by atoms with Crippen molar-refractivity contribution in [3.8, 4) is 0 Å². The highest BCUT2D eigenvalue weighted by molar-refractivity contribution is 5.98. The van der Waals surface area contributed by atoms with Gasteiger partial charge in [0.05, 0.1) is 12.5 Å². The summed E-state index contributed by atoms with van der Waals surface area (Å²) in [5.74, 6) is 0.655. The molecule has 0 aromatic heterocycles. The maximum Gasteiger partial charge on any atom is 0.312 e. The summed E-state index contributed by atoms with van der Waals surface area (Å²) in [6.07, 6.45) is 12.3. The molecule has 7 unspecified atom stereocenters. The number of rotatable bonds is 1. The van der Waals surface area contributed by atoms with Crippen LogP contribution in [0.15, 0.2) is 23.8 Å². The van der Waals surface area contributed by atoms with Gasteiger partial charge in [0.1, 0.15) is 0 Å². The summed E-state index contributed by atoms with van der Waals surface area (Å²) >= 11 is 0. The summed E-state index contributed by atoms with van der Waals surface area (Å²) in [6, 6.07) is 0. The van der Waals surface area contributed by atoms with E-state index < -0.39 is 10.8 Å². The fourth-order valence-electron chi connectivity index (χ4n) is 9.54. The third kappa shape index (κ3) is 2.92. The average molecular weight is 467 g/mol. The Hall–Kier alpha value is -1.71. The quantitative estimate of drug-likeness (QED) is 0.438. The molecule has 0 aromatic carbocycles. The molecule has 0 N–H and O–H groups in total. The Kier molecular flexibility index (Phi) is 5.06. The lowest BCUT2D eigenvalue weighted by molar-refractivity contribution is -0.178. The van der Waals surface area contributed by atoms with Crippen LogP contribution in [0.25, 0.3) is 0 Å². The first kappa shape index (κ1) is 24.0. The smallest absolute Gasteiger partial charge is 0.312 e. The molecular formula is C30H42O4.